The number of ether oxygens (including phenoxy) is 1. The Labute approximate surface area is 119 Å². The highest BCUT2D eigenvalue weighted by Gasteiger charge is 2.22. The quantitative estimate of drug-likeness (QED) is 0.847. The largest absolute Gasteiger partial charge is 0.384 e. The minimum absolute atomic E-state index is 0.485. The van der Waals surface area contributed by atoms with Crippen LogP contribution < -0.4 is 0 Å². The maximum atomic E-state index is 5.35. The van der Waals surface area contributed by atoms with E-state index in [9.17, 15) is 0 Å². The molecule has 0 aliphatic carbocycles. The molecule has 1 aliphatic heterocycles. The highest BCUT2D eigenvalue weighted by atomic mass is 16.5. The monoisotopic (exact) mass is 272 g/mol. The molecule has 20 heavy (non-hydrogen) atoms. The van der Waals surface area contributed by atoms with E-state index in [1.165, 1.54) is 0 Å². The van der Waals surface area contributed by atoms with E-state index in [4.69, 9.17) is 4.74 Å². The van der Waals surface area contributed by atoms with Crippen molar-refractivity contribution in [1.82, 2.24) is 19.4 Å². The van der Waals surface area contributed by atoms with Crippen LogP contribution in [0.1, 0.15) is 11.5 Å². The van der Waals surface area contributed by atoms with Crippen molar-refractivity contribution in [2.45, 2.75) is 19.6 Å². The van der Waals surface area contributed by atoms with Crippen molar-refractivity contribution in [3.63, 3.8) is 0 Å². The number of nitrogens with zero attached hydrogens (tertiary/aromatic N) is 4. The molecule has 1 atom stereocenters. The molecule has 106 valence electrons. The molecule has 0 amide bonds. The van der Waals surface area contributed by atoms with Crippen LogP contribution in [0.2, 0.25) is 0 Å². The molecule has 3 rings (SSSR count). The molecule has 0 fully saturated rings. The van der Waals surface area contributed by atoms with Gasteiger partial charge in [0.05, 0.1) is 18.8 Å². The molecule has 1 aliphatic rings. The van der Waals surface area contributed by atoms with E-state index in [2.05, 4.69) is 31.7 Å². The van der Waals surface area contributed by atoms with Crippen LogP contribution in [0.4, 0.5) is 0 Å². The van der Waals surface area contributed by atoms with Gasteiger partial charge in [0, 0.05) is 51.3 Å². The summed E-state index contributed by atoms with van der Waals surface area (Å²) in [6.45, 7) is 4.48. The second-order valence-corrected chi connectivity index (χ2v) is 5.31. The summed E-state index contributed by atoms with van der Waals surface area (Å²) in [6, 6.07) is 6.06. The van der Waals surface area contributed by atoms with E-state index < -0.39 is 0 Å². The molecule has 3 heterocycles. The minimum Gasteiger partial charge on any atom is -0.384 e. The van der Waals surface area contributed by atoms with Crippen molar-refractivity contribution in [2.75, 3.05) is 20.3 Å². The van der Waals surface area contributed by atoms with Gasteiger partial charge in [0.1, 0.15) is 5.82 Å². The molecular formula is C15H20N4O. The summed E-state index contributed by atoms with van der Waals surface area (Å²) in [5.41, 5.74) is 1.10. The Bertz CT molecular complexity index is 540. The highest BCUT2D eigenvalue weighted by Crippen LogP contribution is 2.17. The van der Waals surface area contributed by atoms with Gasteiger partial charge >= 0.3 is 0 Å². The third kappa shape index (κ3) is 3.05. The van der Waals surface area contributed by atoms with Gasteiger partial charge in [0.15, 0.2) is 0 Å². The fourth-order valence-corrected chi connectivity index (χ4v) is 2.81. The number of pyridine rings is 1. The number of hydrogen-bond acceptors (Lipinski definition) is 4. The van der Waals surface area contributed by atoms with E-state index in [1.54, 1.807) is 7.11 Å². The average molecular weight is 272 g/mol. The number of fused-ring (bicyclic) bond motifs is 1. The molecule has 0 N–H and O–H groups in total. The van der Waals surface area contributed by atoms with Gasteiger partial charge in [-0.15, -0.1) is 0 Å². The van der Waals surface area contributed by atoms with Gasteiger partial charge < -0.3 is 9.30 Å². The SMILES string of the molecule is COC[C@@H]1CN(Cc2ccccn2)Cc2nccn2C1. The first kappa shape index (κ1) is 13.3. The van der Waals surface area contributed by atoms with Crippen LogP contribution in [0.25, 0.3) is 0 Å². The van der Waals surface area contributed by atoms with Crippen LogP contribution in [0.3, 0.4) is 0 Å². The van der Waals surface area contributed by atoms with Gasteiger partial charge in [0.25, 0.3) is 0 Å². The smallest absolute Gasteiger partial charge is 0.122 e. The summed E-state index contributed by atoms with van der Waals surface area (Å²) in [5, 5.41) is 0. The molecule has 0 saturated heterocycles. The fourth-order valence-electron chi connectivity index (χ4n) is 2.81. The van der Waals surface area contributed by atoms with Gasteiger partial charge in [-0.2, -0.15) is 0 Å². The Morgan fingerprint density at radius 3 is 3.00 bits per heavy atom. The zero-order chi connectivity index (χ0) is 13.8. The van der Waals surface area contributed by atoms with Crippen LogP contribution in [0.15, 0.2) is 36.8 Å². The molecule has 0 aromatic carbocycles. The Kier molecular flexibility index (Phi) is 4.08. The van der Waals surface area contributed by atoms with Crippen LogP contribution in [0.5, 0.6) is 0 Å². The van der Waals surface area contributed by atoms with E-state index in [-0.39, 0.29) is 0 Å². The zero-order valence-corrected chi connectivity index (χ0v) is 11.8. The first-order valence-electron chi connectivity index (χ1n) is 6.96. The Hall–Kier alpha value is -1.72. The van der Waals surface area contributed by atoms with Crippen LogP contribution in [-0.2, 0) is 24.4 Å². The molecule has 2 aromatic heterocycles. The van der Waals surface area contributed by atoms with Crippen molar-refractivity contribution >= 4 is 0 Å². The van der Waals surface area contributed by atoms with Crippen LogP contribution in [-0.4, -0.2) is 39.7 Å². The van der Waals surface area contributed by atoms with E-state index in [1.807, 2.05) is 24.5 Å². The standard InChI is InChI=1S/C15H20N4O/c1-20-12-13-8-18(10-14-4-2-3-5-16-14)11-15-17-6-7-19(15)9-13/h2-7,13H,8-12H2,1H3/t13-/m1/s1. The van der Waals surface area contributed by atoms with Gasteiger partial charge in [-0.25, -0.2) is 4.98 Å². The lowest BCUT2D eigenvalue weighted by Crippen LogP contribution is -2.30. The number of imidazole rings is 1. The summed E-state index contributed by atoms with van der Waals surface area (Å²) >= 11 is 0. The lowest BCUT2D eigenvalue weighted by molar-refractivity contribution is 0.115. The van der Waals surface area contributed by atoms with E-state index in [0.717, 1.165) is 44.3 Å². The number of rotatable bonds is 4. The van der Waals surface area contributed by atoms with Gasteiger partial charge in [-0.05, 0) is 12.1 Å². The molecule has 5 heteroatoms. The summed E-state index contributed by atoms with van der Waals surface area (Å²) < 4.78 is 7.59. The highest BCUT2D eigenvalue weighted by molar-refractivity contribution is 5.04. The van der Waals surface area contributed by atoms with Crippen molar-refractivity contribution in [3.8, 4) is 0 Å². The predicted molar refractivity (Wildman–Crippen MR) is 75.9 cm³/mol. The Balaban J connectivity index is 1.76. The van der Waals surface area contributed by atoms with Crippen molar-refractivity contribution in [3.05, 3.63) is 48.3 Å². The normalized spacial score (nSPS) is 19.6. The Morgan fingerprint density at radius 2 is 2.20 bits per heavy atom. The van der Waals surface area contributed by atoms with Crippen molar-refractivity contribution in [2.24, 2.45) is 5.92 Å². The first-order valence-corrected chi connectivity index (χ1v) is 6.96. The lowest BCUT2D eigenvalue weighted by atomic mass is 10.1. The maximum absolute atomic E-state index is 5.35. The molecule has 0 bridgehead atoms. The van der Waals surface area contributed by atoms with Crippen molar-refractivity contribution in [1.29, 1.82) is 0 Å². The third-order valence-electron chi connectivity index (χ3n) is 3.65. The molecule has 0 radical (unpaired) electrons. The van der Waals surface area contributed by atoms with Gasteiger partial charge in [0.2, 0.25) is 0 Å². The Morgan fingerprint density at radius 1 is 1.25 bits per heavy atom. The predicted octanol–water partition coefficient (Wildman–Crippen LogP) is 1.56. The lowest BCUT2D eigenvalue weighted by Gasteiger charge is -2.22. The second-order valence-electron chi connectivity index (χ2n) is 5.31. The van der Waals surface area contributed by atoms with Gasteiger partial charge in [-0.3, -0.25) is 9.88 Å². The number of hydrogen-bond donors (Lipinski definition) is 0. The number of aromatic nitrogens is 3. The number of methoxy groups -OCH3 is 1. The second kappa shape index (κ2) is 6.15. The fraction of sp³-hybridized carbons (Fsp3) is 0.467. The van der Waals surface area contributed by atoms with Gasteiger partial charge in [-0.1, -0.05) is 6.07 Å². The molecular weight excluding hydrogens is 252 g/mol. The summed E-state index contributed by atoms with van der Waals surface area (Å²) in [4.78, 5) is 11.3. The molecule has 0 saturated carbocycles. The van der Waals surface area contributed by atoms with Crippen LogP contribution >= 0.6 is 0 Å². The third-order valence-corrected chi connectivity index (χ3v) is 3.65. The van der Waals surface area contributed by atoms with Crippen LogP contribution in [0, 0.1) is 5.92 Å². The summed E-state index contributed by atoms with van der Waals surface area (Å²) in [5.74, 6) is 1.61. The van der Waals surface area contributed by atoms with E-state index >= 15 is 0 Å². The maximum Gasteiger partial charge on any atom is 0.122 e. The molecule has 0 spiro atoms. The summed E-state index contributed by atoms with van der Waals surface area (Å²) in [6.07, 6.45) is 5.78. The molecule has 5 nitrogen and oxygen atoms in total. The molecule has 2 aromatic rings. The average Bonchev–Trinajstić information content (AvgIpc) is 2.81. The summed E-state index contributed by atoms with van der Waals surface area (Å²) in [7, 11) is 1.77. The minimum atomic E-state index is 0.485. The topological polar surface area (TPSA) is 43.2 Å². The first-order chi connectivity index (χ1) is 9.85. The zero-order valence-electron chi connectivity index (χ0n) is 11.8. The van der Waals surface area contributed by atoms with Crippen molar-refractivity contribution < 1.29 is 4.74 Å². The van der Waals surface area contributed by atoms with E-state index in [0.29, 0.717) is 5.92 Å². The molecule has 0 unspecified atom stereocenters.